The molecule has 0 aliphatic heterocycles. The molecule has 0 aliphatic carbocycles. The van der Waals surface area contributed by atoms with Gasteiger partial charge < -0.3 is 14.5 Å². The largest absolute Gasteiger partial charge is 0.494 e. The summed E-state index contributed by atoms with van der Waals surface area (Å²) in [6.07, 6.45) is 1.17. The van der Waals surface area contributed by atoms with Gasteiger partial charge in [0.1, 0.15) is 11.5 Å². The Bertz CT molecular complexity index is 950. The molecule has 1 heterocycles. The van der Waals surface area contributed by atoms with Crippen molar-refractivity contribution in [2.24, 2.45) is 0 Å². The van der Waals surface area contributed by atoms with Crippen molar-refractivity contribution < 1.29 is 19.1 Å². The summed E-state index contributed by atoms with van der Waals surface area (Å²) in [6.45, 7) is 4.10. The van der Waals surface area contributed by atoms with Crippen LogP contribution in [-0.2, 0) is 16.0 Å². The lowest BCUT2D eigenvalue weighted by Gasteiger charge is -2.15. The van der Waals surface area contributed by atoms with Crippen molar-refractivity contribution in [1.29, 1.82) is 0 Å². The van der Waals surface area contributed by atoms with Crippen LogP contribution in [0.15, 0.2) is 54.7 Å². The molecule has 0 fully saturated rings. The predicted molar refractivity (Wildman–Crippen MR) is 106 cm³/mol. The van der Waals surface area contributed by atoms with Crippen LogP contribution in [0.1, 0.15) is 19.4 Å². The van der Waals surface area contributed by atoms with Crippen LogP contribution in [-0.4, -0.2) is 29.5 Å². The summed E-state index contributed by atoms with van der Waals surface area (Å²) >= 11 is 0. The lowest BCUT2D eigenvalue weighted by molar-refractivity contribution is -0.132. The minimum absolute atomic E-state index is 0.151. The van der Waals surface area contributed by atoms with Crippen molar-refractivity contribution in [3.05, 3.63) is 60.3 Å². The minimum atomic E-state index is -0.772. The number of ether oxygens (including phenoxy) is 2. The molecule has 0 aliphatic rings. The molecule has 146 valence electrons. The summed E-state index contributed by atoms with van der Waals surface area (Å²) in [5, 5.41) is 0.983. The van der Waals surface area contributed by atoms with E-state index in [1.165, 1.54) is 0 Å². The first-order valence-electron chi connectivity index (χ1n) is 9.10. The topological polar surface area (TPSA) is 92.4 Å². The molecule has 7 nitrogen and oxygen atoms in total. The average molecular weight is 381 g/mol. The van der Waals surface area contributed by atoms with E-state index >= 15 is 0 Å². The van der Waals surface area contributed by atoms with Gasteiger partial charge in [0.15, 0.2) is 6.10 Å². The first-order chi connectivity index (χ1) is 13.6. The predicted octanol–water partition coefficient (Wildman–Crippen LogP) is 2.72. The number of rotatable bonds is 7. The number of fused-ring (bicyclic) bond motifs is 1. The summed E-state index contributed by atoms with van der Waals surface area (Å²) in [6, 6.07) is 14.7. The van der Waals surface area contributed by atoms with E-state index in [0.29, 0.717) is 12.4 Å². The van der Waals surface area contributed by atoms with E-state index in [1.54, 1.807) is 37.4 Å². The van der Waals surface area contributed by atoms with E-state index in [2.05, 4.69) is 15.8 Å². The smallest absolute Gasteiger partial charge is 0.279 e. The molecule has 1 aromatic heterocycles. The zero-order chi connectivity index (χ0) is 19.9. The van der Waals surface area contributed by atoms with Gasteiger partial charge in [0.05, 0.1) is 13.0 Å². The highest BCUT2D eigenvalue weighted by Crippen LogP contribution is 2.19. The number of H-pyrrole nitrogens is 1. The summed E-state index contributed by atoms with van der Waals surface area (Å²) in [7, 11) is 0. The number of aromatic amines is 1. The molecule has 28 heavy (non-hydrogen) atoms. The second-order valence-electron chi connectivity index (χ2n) is 6.24. The maximum atomic E-state index is 12.2. The van der Waals surface area contributed by atoms with Gasteiger partial charge in [-0.15, -0.1) is 0 Å². The molecule has 0 saturated heterocycles. The van der Waals surface area contributed by atoms with E-state index in [4.69, 9.17) is 9.47 Å². The van der Waals surface area contributed by atoms with Crippen molar-refractivity contribution in [2.45, 2.75) is 26.4 Å². The Morgan fingerprint density at radius 2 is 1.75 bits per heavy atom. The lowest BCUT2D eigenvalue weighted by Crippen LogP contribution is -2.47. The molecule has 0 radical (unpaired) electrons. The average Bonchev–Trinajstić information content (AvgIpc) is 3.10. The SMILES string of the molecule is CCOc1ccc(OC(C)C(=O)NNC(=O)Cc2c[nH]c3ccccc23)cc1. The molecule has 3 rings (SSSR count). The zero-order valence-electron chi connectivity index (χ0n) is 15.8. The van der Waals surface area contributed by atoms with Gasteiger partial charge in [0.25, 0.3) is 5.91 Å². The normalized spacial score (nSPS) is 11.6. The van der Waals surface area contributed by atoms with Gasteiger partial charge in [0, 0.05) is 17.1 Å². The maximum Gasteiger partial charge on any atom is 0.279 e. The number of para-hydroxylation sites is 1. The van der Waals surface area contributed by atoms with E-state index in [0.717, 1.165) is 22.2 Å². The fourth-order valence-electron chi connectivity index (χ4n) is 2.77. The number of carbonyl (C=O) groups is 2. The fourth-order valence-corrected chi connectivity index (χ4v) is 2.77. The quantitative estimate of drug-likeness (QED) is 0.549. The van der Waals surface area contributed by atoms with Gasteiger partial charge in [-0.25, -0.2) is 0 Å². The van der Waals surface area contributed by atoms with Crippen LogP contribution in [0, 0.1) is 0 Å². The Labute approximate surface area is 163 Å². The van der Waals surface area contributed by atoms with Crippen molar-refractivity contribution in [1.82, 2.24) is 15.8 Å². The maximum absolute atomic E-state index is 12.2. The molecular weight excluding hydrogens is 358 g/mol. The summed E-state index contributed by atoms with van der Waals surface area (Å²) in [5.74, 6) is 0.514. The highest BCUT2D eigenvalue weighted by Gasteiger charge is 2.16. The molecule has 3 aromatic rings. The second-order valence-corrected chi connectivity index (χ2v) is 6.24. The van der Waals surface area contributed by atoms with Gasteiger partial charge in [-0.1, -0.05) is 18.2 Å². The Kier molecular flexibility index (Phi) is 6.16. The van der Waals surface area contributed by atoms with E-state index < -0.39 is 12.0 Å². The van der Waals surface area contributed by atoms with Gasteiger partial charge in [-0.3, -0.25) is 20.4 Å². The molecule has 3 N–H and O–H groups in total. The van der Waals surface area contributed by atoms with Crippen LogP contribution < -0.4 is 20.3 Å². The van der Waals surface area contributed by atoms with Crippen LogP contribution in [0.25, 0.3) is 10.9 Å². The fraction of sp³-hybridized carbons (Fsp3) is 0.238. The third-order valence-corrected chi connectivity index (χ3v) is 4.17. The number of benzene rings is 2. The van der Waals surface area contributed by atoms with Crippen LogP contribution in [0.3, 0.4) is 0 Å². The van der Waals surface area contributed by atoms with Crippen molar-refractivity contribution >= 4 is 22.7 Å². The molecule has 0 bridgehead atoms. The standard InChI is InChI=1S/C21H23N3O4/c1-3-27-16-8-10-17(11-9-16)28-14(2)21(26)24-23-20(25)12-15-13-22-19-7-5-4-6-18(15)19/h4-11,13-14,22H,3,12H2,1-2H3,(H,23,25)(H,24,26). The summed E-state index contributed by atoms with van der Waals surface area (Å²) in [4.78, 5) is 27.4. The molecule has 0 spiro atoms. The van der Waals surface area contributed by atoms with Crippen LogP contribution in [0.2, 0.25) is 0 Å². The Morgan fingerprint density at radius 1 is 1.04 bits per heavy atom. The Balaban J connectivity index is 1.48. The molecule has 7 heteroatoms. The van der Waals surface area contributed by atoms with Gasteiger partial charge >= 0.3 is 0 Å². The number of carbonyl (C=O) groups excluding carboxylic acids is 2. The molecule has 1 atom stereocenters. The molecule has 0 saturated carbocycles. The monoisotopic (exact) mass is 381 g/mol. The van der Waals surface area contributed by atoms with Crippen LogP contribution in [0.4, 0.5) is 0 Å². The van der Waals surface area contributed by atoms with Gasteiger partial charge in [-0.05, 0) is 49.7 Å². The number of amides is 2. The Morgan fingerprint density at radius 3 is 2.50 bits per heavy atom. The van der Waals surface area contributed by atoms with Crippen molar-refractivity contribution in [3.8, 4) is 11.5 Å². The zero-order valence-corrected chi connectivity index (χ0v) is 15.8. The number of hydrogen-bond acceptors (Lipinski definition) is 4. The van der Waals surface area contributed by atoms with Crippen LogP contribution in [0.5, 0.6) is 11.5 Å². The first-order valence-corrected chi connectivity index (χ1v) is 9.10. The van der Waals surface area contributed by atoms with Crippen LogP contribution >= 0.6 is 0 Å². The number of nitrogens with one attached hydrogen (secondary N) is 3. The summed E-state index contributed by atoms with van der Waals surface area (Å²) in [5.41, 5.74) is 6.65. The summed E-state index contributed by atoms with van der Waals surface area (Å²) < 4.78 is 10.9. The number of aromatic nitrogens is 1. The molecule has 1 unspecified atom stereocenters. The Hall–Kier alpha value is -3.48. The second kappa shape index (κ2) is 8.94. The number of hydrogen-bond donors (Lipinski definition) is 3. The number of hydrazine groups is 1. The van der Waals surface area contributed by atoms with E-state index in [9.17, 15) is 9.59 Å². The van der Waals surface area contributed by atoms with Crippen molar-refractivity contribution in [2.75, 3.05) is 6.61 Å². The minimum Gasteiger partial charge on any atom is -0.494 e. The van der Waals surface area contributed by atoms with E-state index in [1.807, 2.05) is 31.2 Å². The molecular formula is C21H23N3O4. The van der Waals surface area contributed by atoms with E-state index in [-0.39, 0.29) is 12.3 Å². The third-order valence-electron chi connectivity index (χ3n) is 4.17. The lowest BCUT2D eigenvalue weighted by atomic mass is 10.1. The highest BCUT2D eigenvalue weighted by molar-refractivity contribution is 5.90. The van der Waals surface area contributed by atoms with Crippen molar-refractivity contribution in [3.63, 3.8) is 0 Å². The third kappa shape index (κ3) is 4.82. The highest BCUT2D eigenvalue weighted by atomic mass is 16.5. The van der Waals surface area contributed by atoms with Gasteiger partial charge in [0.2, 0.25) is 5.91 Å². The first kappa shape index (κ1) is 19.3. The van der Waals surface area contributed by atoms with Gasteiger partial charge in [-0.2, -0.15) is 0 Å². The molecule has 2 aromatic carbocycles. The molecule has 2 amide bonds.